The number of allylic oxidation sites excluding steroid dienone is 4. The molecule has 3 nitrogen and oxygen atoms in total. The van der Waals surface area contributed by atoms with Crippen LogP contribution in [0.4, 0.5) is 31.1 Å². The van der Waals surface area contributed by atoms with Crippen LogP contribution in [0.3, 0.4) is 0 Å². The lowest BCUT2D eigenvalue weighted by Crippen LogP contribution is -2.43. The summed E-state index contributed by atoms with van der Waals surface area (Å²) in [6.45, 7) is 4.50. The van der Waals surface area contributed by atoms with Crippen molar-refractivity contribution in [1.82, 2.24) is 4.90 Å². The van der Waals surface area contributed by atoms with E-state index >= 15 is 0 Å². The molecule has 3 aliphatic rings. The molecule has 4 rings (SSSR count). The normalized spacial score (nSPS) is 25.7. The van der Waals surface area contributed by atoms with Gasteiger partial charge in [-0.25, -0.2) is 4.79 Å². The third kappa shape index (κ3) is 5.14. The van der Waals surface area contributed by atoms with Crippen LogP contribution >= 0.6 is 0 Å². The minimum Gasteiger partial charge on any atom is -0.439 e. The first-order chi connectivity index (χ1) is 16.4. The van der Waals surface area contributed by atoms with Crippen LogP contribution < -0.4 is 0 Å². The van der Waals surface area contributed by atoms with Gasteiger partial charge in [-0.3, -0.25) is 4.90 Å². The number of rotatable bonds is 4. The number of carbonyl (C=O) groups excluding carboxylic acids is 1. The number of piperidine rings is 1. The SMILES string of the molecule is C=C(C=C(C)C1OC(=O)N2C(c3cc(C(F)(F)F)ccc3C3=CCCCC3)CCCC12)C(F)(F)F. The number of hydrogen-bond donors (Lipinski definition) is 0. The highest BCUT2D eigenvalue weighted by Gasteiger charge is 2.49. The fourth-order valence-electron chi connectivity index (χ4n) is 5.37. The maximum Gasteiger partial charge on any atom is 0.416 e. The zero-order chi connectivity index (χ0) is 25.5. The van der Waals surface area contributed by atoms with Gasteiger partial charge in [-0.1, -0.05) is 18.7 Å². The van der Waals surface area contributed by atoms with Crippen LogP contribution in [-0.4, -0.2) is 29.3 Å². The number of carbonyl (C=O) groups is 1. The first-order valence-corrected chi connectivity index (χ1v) is 11.7. The average Bonchev–Trinajstić information content (AvgIpc) is 3.15. The Labute approximate surface area is 200 Å². The van der Waals surface area contributed by atoms with Crippen molar-refractivity contribution in [2.24, 2.45) is 0 Å². The second-order valence-electron chi connectivity index (χ2n) is 9.41. The number of ether oxygens (including phenoxy) is 1. The Kier molecular flexibility index (Phi) is 6.81. The van der Waals surface area contributed by atoms with Crippen LogP contribution in [0.25, 0.3) is 5.57 Å². The first kappa shape index (κ1) is 25.4. The molecule has 2 heterocycles. The molecule has 2 saturated heterocycles. The quantitative estimate of drug-likeness (QED) is 0.309. The van der Waals surface area contributed by atoms with Crippen LogP contribution in [0, 0.1) is 0 Å². The zero-order valence-corrected chi connectivity index (χ0v) is 19.3. The predicted molar refractivity (Wildman–Crippen MR) is 119 cm³/mol. The summed E-state index contributed by atoms with van der Waals surface area (Å²) in [7, 11) is 0. The Morgan fingerprint density at radius 1 is 1.11 bits per heavy atom. The largest absolute Gasteiger partial charge is 0.439 e. The van der Waals surface area contributed by atoms with Crippen LogP contribution in [0.5, 0.6) is 0 Å². The van der Waals surface area contributed by atoms with E-state index in [1.54, 1.807) is 0 Å². The van der Waals surface area contributed by atoms with Gasteiger partial charge in [0.05, 0.1) is 17.6 Å². The number of cyclic esters (lactones) is 1. The molecule has 1 aliphatic carbocycles. The van der Waals surface area contributed by atoms with Gasteiger partial charge in [-0.15, -0.1) is 0 Å². The maximum absolute atomic E-state index is 13.6. The van der Waals surface area contributed by atoms with Crippen molar-refractivity contribution in [1.29, 1.82) is 0 Å². The van der Waals surface area contributed by atoms with Crippen LogP contribution in [-0.2, 0) is 10.9 Å². The monoisotopic (exact) mass is 499 g/mol. The molecule has 0 saturated carbocycles. The molecule has 0 bridgehead atoms. The van der Waals surface area contributed by atoms with Gasteiger partial charge in [-0.05, 0) is 92.4 Å². The van der Waals surface area contributed by atoms with Gasteiger partial charge in [0.2, 0.25) is 0 Å². The first-order valence-electron chi connectivity index (χ1n) is 11.7. The maximum atomic E-state index is 13.6. The number of nitrogens with zero attached hydrogens (tertiary/aromatic N) is 1. The Morgan fingerprint density at radius 2 is 1.86 bits per heavy atom. The molecule has 1 aromatic rings. The van der Waals surface area contributed by atoms with Gasteiger partial charge in [0.1, 0.15) is 6.10 Å². The van der Waals surface area contributed by atoms with Gasteiger partial charge >= 0.3 is 18.4 Å². The molecule has 3 unspecified atom stereocenters. The lowest BCUT2D eigenvalue weighted by molar-refractivity contribution is -0.137. The Bertz CT molecular complexity index is 1070. The molecule has 9 heteroatoms. The lowest BCUT2D eigenvalue weighted by Gasteiger charge is -2.38. The molecule has 1 aromatic carbocycles. The summed E-state index contributed by atoms with van der Waals surface area (Å²) in [6, 6.07) is 2.43. The molecule has 2 aliphatic heterocycles. The molecule has 35 heavy (non-hydrogen) atoms. The van der Waals surface area contributed by atoms with E-state index in [4.69, 9.17) is 4.74 Å². The summed E-state index contributed by atoms with van der Waals surface area (Å²) in [5.74, 6) is 0. The number of alkyl halides is 6. The molecular formula is C26H27F6NO2. The minimum absolute atomic E-state index is 0.202. The molecule has 0 spiro atoms. The Morgan fingerprint density at radius 3 is 2.49 bits per heavy atom. The van der Waals surface area contributed by atoms with E-state index in [-0.39, 0.29) is 5.57 Å². The minimum atomic E-state index is -4.61. The molecule has 1 amide bonds. The summed E-state index contributed by atoms with van der Waals surface area (Å²) >= 11 is 0. The second-order valence-corrected chi connectivity index (χ2v) is 9.41. The van der Waals surface area contributed by atoms with Crippen molar-refractivity contribution in [3.8, 4) is 0 Å². The van der Waals surface area contributed by atoms with Crippen LogP contribution in [0.15, 0.2) is 48.1 Å². The summed E-state index contributed by atoms with van der Waals surface area (Å²) in [6.07, 6.45) is -2.86. The summed E-state index contributed by atoms with van der Waals surface area (Å²) in [4.78, 5) is 14.4. The highest BCUT2D eigenvalue weighted by molar-refractivity contribution is 5.75. The Balaban J connectivity index is 1.73. The van der Waals surface area contributed by atoms with E-state index in [0.29, 0.717) is 30.4 Å². The van der Waals surface area contributed by atoms with E-state index in [1.807, 2.05) is 6.08 Å². The van der Waals surface area contributed by atoms with Gasteiger partial charge in [0.15, 0.2) is 0 Å². The smallest absolute Gasteiger partial charge is 0.416 e. The van der Waals surface area contributed by atoms with Crippen LogP contribution in [0.2, 0.25) is 0 Å². The number of hydrogen-bond acceptors (Lipinski definition) is 2. The van der Waals surface area contributed by atoms with E-state index in [1.165, 1.54) is 17.9 Å². The third-order valence-corrected chi connectivity index (χ3v) is 7.05. The van der Waals surface area contributed by atoms with Crippen LogP contribution in [0.1, 0.15) is 74.6 Å². The van der Waals surface area contributed by atoms with E-state index in [0.717, 1.165) is 49.5 Å². The van der Waals surface area contributed by atoms with E-state index < -0.39 is 47.8 Å². The summed E-state index contributed by atoms with van der Waals surface area (Å²) in [5, 5.41) is 0. The highest BCUT2D eigenvalue weighted by Crippen LogP contribution is 2.46. The molecule has 0 radical (unpaired) electrons. The molecule has 2 fully saturated rings. The standard InChI is InChI=1S/C26H27F6NO2/c1-15(13-16(2)25(27,28)29)23-22-10-6-9-21(33(22)24(34)35-23)20-14-18(26(30,31)32)11-12-19(20)17-7-4-3-5-8-17/h7,11-14,21-23H,2-6,8-10H2,1H3. The van der Waals surface area contributed by atoms with Crippen molar-refractivity contribution < 1.29 is 35.9 Å². The average molecular weight is 499 g/mol. The molecule has 3 atom stereocenters. The van der Waals surface area contributed by atoms with Crippen molar-refractivity contribution in [3.05, 3.63) is 64.8 Å². The second kappa shape index (κ2) is 9.39. The molecular weight excluding hydrogens is 472 g/mol. The van der Waals surface area contributed by atoms with Gasteiger partial charge in [0, 0.05) is 5.57 Å². The molecule has 0 aromatic heterocycles. The van der Waals surface area contributed by atoms with Gasteiger partial charge in [0.25, 0.3) is 0 Å². The summed E-state index contributed by atoms with van der Waals surface area (Å²) in [5.41, 5.74) is 0.420. The van der Waals surface area contributed by atoms with Gasteiger partial charge in [-0.2, -0.15) is 26.3 Å². The van der Waals surface area contributed by atoms with Crippen molar-refractivity contribution in [3.63, 3.8) is 0 Å². The molecule has 190 valence electrons. The van der Waals surface area contributed by atoms with Crippen molar-refractivity contribution in [2.75, 3.05) is 0 Å². The zero-order valence-electron chi connectivity index (χ0n) is 19.3. The Hall–Kier alpha value is -2.71. The third-order valence-electron chi connectivity index (χ3n) is 7.05. The van der Waals surface area contributed by atoms with Crippen molar-refractivity contribution >= 4 is 11.7 Å². The lowest BCUT2D eigenvalue weighted by atomic mass is 9.82. The number of benzene rings is 1. The van der Waals surface area contributed by atoms with Gasteiger partial charge < -0.3 is 4.74 Å². The number of halogens is 6. The van der Waals surface area contributed by atoms with Crippen molar-refractivity contribution in [2.45, 2.75) is 82.4 Å². The van der Waals surface area contributed by atoms with E-state index in [2.05, 4.69) is 6.58 Å². The molecule has 0 N–H and O–H groups in total. The number of fused-ring (bicyclic) bond motifs is 1. The number of amides is 1. The van der Waals surface area contributed by atoms with E-state index in [9.17, 15) is 31.1 Å². The topological polar surface area (TPSA) is 29.5 Å². The fourth-order valence-corrected chi connectivity index (χ4v) is 5.37. The predicted octanol–water partition coefficient (Wildman–Crippen LogP) is 8.14. The fraction of sp³-hybridized carbons (Fsp3) is 0.500. The highest BCUT2D eigenvalue weighted by atomic mass is 19.4. The summed E-state index contributed by atoms with van der Waals surface area (Å²) < 4.78 is 85.3.